The van der Waals surface area contributed by atoms with Crippen molar-refractivity contribution < 1.29 is 4.79 Å². The first-order chi connectivity index (χ1) is 10.2. The predicted octanol–water partition coefficient (Wildman–Crippen LogP) is 1.42. The van der Waals surface area contributed by atoms with E-state index in [4.69, 9.17) is 0 Å². The topological polar surface area (TPSA) is 71.0 Å². The molecule has 0 saturated carbocycles. The van der Waals surface area contributed by atoms with E-state index in [1.165, 1.54) is 0 Å². The molecule has 6 nitrogen and oxygen atoms in total. The quantitative estimate of drug-likeness (QED) is 0.812. The Morgan fingerprint density at radius 1 is 1.33 bits per heavy atom. The number of hydrogen-bond donors (Lipinski definition) is 1. The van der Waals surface area contributed by atoms with Gasteiger partial charge in [-0.1, -0.05) is 6.08 Å². The van der Waals surface area contributed by atoms with Crippen LogP contribution in [0.3, 0.4) is 0 Å². The van der Waals surface area contributed by atoms with E-state index in [9.17, 15) is 4.79 Å². The second-order valence-electron chi connectivity index (χ2n) is 4.46. The smallest absolute Gasteiger partial charge is 0.253 e. The largest absolute Gasteiger partial charge is 0.354 e. The van der Waals surface area contributed by atoms with Crippen molar-refractivity contribution in [2.75, 3.05) is 18.5 Å². The van der Waals surface area contributed by atoms with Crippen molar-refractivity contribution >= 4 is 11.7 Å². The summed E-state index contributed by atoms with van der Waals surface area (Å²) in [6, 6.07) is 3.55. The maximum absolute atomic E-state index is 11.7. The normalized spacial score (nSPS) is 9.95. The standard InChI is InChI=1S/C15H17N5O/c1-3-6-18-15(21)12-4-5-14(19-9-12)20(2)11-13-10-16-7-8-17-13/h3-5,7-10H,1,6,11H2,2H3,(H,18,21). The van der Waals surface area contributed by atoms with E-state index in [1.807, 2.05) is 11.9 Å². The minimum atomic E-state index is -0.162. The molecule has 2 aromatic rings. The average Bonchev–Trinajstić information content (AvgIpc) is 2.53. The summed E-state index contributed by atoms with van der Waals surface area (Å²) >= 11 is 0. The lowest BCUT2D eigenvalue weighted by atomic mass is 10.2. The number of nitrogens with zero attached hydrogens (tertiary/aromatic N) is 4. The first kappa shape index (κ1) is 14.6. The predicted molar refractivity (Wildman–Crippen MR) is 80.9 cm³/mol. The molecular weight excluding hydrogens is 266 g/mol. The molecule has 0 radical (unpaired) electrons. The van der Waals surface area contributed by atoms with Gasteiger partial charge in [0, 0.05) is 32.2 Å². The van der Waals surface area contributed by atoms with Crippen LogP contribution >= 0.6 is 0 Å². The van der Waals surface area contributed by atoms with E-state index in [0.29, 0.717) is 18.7 Å². The third kappa shape index (κ3) is 4.10. The maximum atomic E-state index is 11.7. The molecule has 21 heavy (non-hydrogen) atoms. The number of anilines is 1. The zero-order chi connectivity index (χ0) is 15.1. The summed E-state index contributed by atoms with van der Waals surface area (Å²) in [6.07, 6.45) is 8.20. The Labute approximate surface area is 123 Å². The molecule has 0 aliphatic carbocycles. The minimum absolute atomic E-state index is 0.162. The molecule has 2 heterocycles. The second-order valence-corrected chi connectivity index (χ2v) is 4.46. The van der Waals surface area contributed by atoms with Crippen LogP contribution in [0.5, 0.6) is 0 Å². The number of hydrogen-bond acceptors (Lipinski definition) is 5. The summed E-state index contributed by atoms with van der Waals surface area (Å²) in [7, 11) is 1.91. The van der Waals surface area contributed by atoms with Crippen LogP contribution in [0, 0.1) is 0 Å². The van der Waals surface area contributed by atoms with Crippen LogP contribution < -0.4 is 10.2 Å². The van der Waals surface area contributed by atoms with Gasteiger partial charge in [0.15, 0.2) is 0 Å². The summed E-state index contributed by atoms with van der Waals surface area (Å²) in [5.41, 5.74) is 1.38. The number of pyridine rings is 1. The Morgan fingerprint density at radius 2 is 2.19 bits per heavy atom. The molecule has 1 amide bonds. The van der Waals surface area contributed by atoms with Gasteiger partial charge in [0.05, 0.1) is 24.0 Å². The van der Waals surface area contributed by atoms with Gasteiger partial charge >= 0.3 is 0 Å². The molecule has 0 aromatic carbocycles. The third-order valence-electron chi connectivity index (χ3n) is 2.82. The van der Waals surface area contributed by atoms with Crippen LogP contribution in [0.1, 0.15) is 16.1 Å². The molecule has 0 bridgehead atoms. The Morgan fingerprint density at radius 3 is 2.81 bits per heavy atom. The van der Waals surface area contributed by atoms with E-state index in [-0.39, 0.29) is 5.91 Å². The lowest BCUT2D eigenvalue weighted by molar-refractivity contribution is 0.0957. The van der Waals surface area contributed by atoms with E-state index >= 15 is 0 Å². The van der Waals surface area contributed by atoms with Crippen LogP contribution in [0.25, 0.3) is 0 Å². The number of carbonyl (C=O) groups is 1. The van der Waals surface area contributed by atoms with E-state index in [2.05, 4.69) is 26.8 Å². The first-order valence-corrected chi connectivity index (χ1v) is 6.52. The van der Waals surface area contributed by atoms with Gasteiger partial charge in [-0.2, -0.15) is 0 Å². The number of aromatic nitrogens is 3. The summed E-state index contributed by atoms with van der Waals surface area (Å²) in [5, 5.41) is 2.71. The molecule has 108 valence electrons. The average molecular weight is 283 g/mol. The molecule has 0 spiro atoms. The third-order valence-corrected chi connectivity index (χ3v) is 2.82. The van der Waals surface area contributed by atoms with Crippen LogP contribution in [-0.2, 0) is 6.54 Å². The lowest BCUT2D eigenvalue weighted by Crippen LogP contribution is -2.24. The SMILES string of the molecule is C=CCNC(=O)c1ccc(N(C)Cc2cnccn2)nc1. The van der Waals surface area contributed by atoms with Crippen molar-refractivity contribution in [2.24, 2.45) is 0 Å². The van der Waals surface area contributed by atoms with E-state index in [0.717, 1.165) is 11.5 Å². The molecule has 0 saturated heterocycles. The molecule has 0 unspecified atom stereocenters. The monoisotopic (exact) mass is 283 g/mol. The molecule has 0 aliphatic heterocycles. The van der Waals surface area contributed by atoms with Crippen molar-refractivity contribution in [3.8, 4) is 0 Å². The highest BCUT2D eigenvalue weighted by Gasteiger charge is 2.08. The number of nitrogens with one attached hydrogen (secondary N) is 1. The Kier molecular flexibility index (Phi) is 4.98. The highest BCUT2D eigenvalue weighted by molar-refractivity contribution is 5.94. The Bertz CT molecular complexity index is 597. The maximum Gasteiger partial charge on any atom is 0.253 e. The van der Waals surface area contributed by atoms with Crippen LogP contribution in [0.4, 0.5) is 5.82 Å². The van der Waals surface area contributed by atoms with Gasteiger partial charge in [-0.25, -0.2) is 4.98 Å². The molecule has 1 N–H and O–H groups in total. The van der Waals surface area contributed by atoms with Gasteiger partial charge in [0.2, 0.25) is 0 Å². The second kappa shape index (κ2) is 7.14. The number of amides is 1. The van der Waals surface area contributed by atoms with Crippen LogP contribution in [0.15, 0.2) is 49.6 Å². The summed E-state index contributed by atoms with van der Waals surface area (Å²) in [4.78, 5) is 26.2. The van der Waals surface area contributed by atoms with Crippen molar-refractivity contribution in [3.05, 3.63) is 60.8 Å². The molecule has 2 rings (SSSR count). The molecular formula is C15H17N5O. The Hall–Kier alpha value is -2.76. The van der Waals surface area contributed by atoms with Crippen LogP contribution in [0.2, 0.25) is 0 Å². The van der Waals surface area contributed by atoms with Crippen molar-refractivity contribution in [1.82, 2.24) is 20.3 Å². The molecule has 2 aromatic heterocycles. The highest BCUT2D eigenvalue weighted by atomic mass is 16.1. The van der Waals surface area contributed by atoms with Gasteiger partial charge in [0.1, 0.15) is 5.82 Å². The number of rotatable bonds is 6. The summed E-state index contributed by atoms with van der Waals surface area (Å²) in [5.74, 6) is 0.603. The van der Waals surface area contributed by atoms with E-state index < -0.39 is 0 Å². The zero-order valence-electron chi connectivity index (χ0n) is 11.9. The summed E-state index contributed by atoms with van der Waals surface area (Å²) < 4.78 is 0. The van der Waals surface area contributed by atoms with Gasteiger partial charge < -0.3 is 10.2 Å². The number of carbonyl (C=O) groups excluding carboxylic acids is 1. The Balaban J connectivity index is 2.01. The highest BCUT2D eigenvalue weighted by Crippen LogP contribution is 2.11. The van der Waals surface area contributed by atoms with Crippen molar-refractivity contribution in [2.45, 2.75) is 6.54 Å². The fourth-order valence-corrected chi connectivity index (χ4v) is 1.75. The molecule has 6 heteroatoms. The first-order valence-electron chi connectivity index (χ1n) is 6.52. The van der Waals surface area contributed by atoms with Gasteiger partial charge in [-0.15, -0.1) is 6.58 Å². The fourth-order valence-electron chi connectivity index (χ4n) is 1.75. The van der Waals surface area contributed by atoms with Gasteiger partial charge in [0.25, 0.3) is 5.91 Å². The zero-order valence-corrected chi connectivity index (χ0v) is 11.9. The minimum Gasteiger partial charge on any atom is -0.354 e. The molecule has 0 fully saturated rings. The van der Waals surface area contributed by atoms with Crippen LogP contribution in [-0.4, -0.2) is 34.5 Å². The van der Waals surface area contributed by atoms with Gasteiger partial charge in [-0.3, -0.25) is 14.8 Å². The molecule has 0 aliphatic rings. The molecule has 0 atom stereocenters. The van der Waals surface area contributed by atoms with Crippen molar-refractivity contribution in [1.29, 1.82) is 0 Å². The summed E-state index contributed by atoms with van der Waals surface area (Å²) in [6.45, 7) is 4.59. The van der Waals surface area contributed by atoms with Gasteiger partial charge in [-0.05, 0) is 12.1 Å². The fraction of sp³-hybridized carbons (Fsp3) is 0.200. The lowest BCUT2D eigenvalue weighted by Gasteiger charge is -2.17. The van der Waals surface area contributed by atoms with Crippen molar-refractivity contribution in [3.63, 3.8) is 0 Å². The van der Waals surface area contributed by atoms with E-state index in [1.54, 1.807) is 43.0 Å².